The van der Waals surface area contributed by atoms with Crippen molar-refractivity contribution in [3.63, 3.8) is 0 Å². The average molecular weight is 399 g/mol. The molecule has 0 heterocycles. The van der Waals surface area contributed by atoms with Crippen molar-refractivity contribution in [2.75, 3.05) is 13.7 Å². The molecule has 0 bridgehead atoms. The van der Waals surface area contributed by atoms with E-state index in [1.54, 1.807) is 0 Å². The molecule has 0 unspecified atom stereocenters. The van der Waals surface area contributed by atoms with Crippen LogP contribution >= 0.6 is 0 Å². The minimum atomic E-state index is 0. The molecule has 0 aromatic heterocycles. The first-order valence-corrected chi connectivity index (χ1v) is 4.14. The van der Waals surface area contributed by atoms with E-state index in [-0.39, 0.29) is 31.1 Å². The number of rotatable bonds is 1. The van der Waals surface area contributed by atoms with Crippen LogP contribution in [0.4, 0.5) is 0 Å². The Balaban J connectivity index is 0. The van der Waals surface area contributed by atoms with Crippen molar-refractivity contribution in [3.05, 3.63) is 0 Å². The molecule has 4 heteroatoms. The second-order valence-corrected chi connectivity index (χ2v) is 2.96. The van der Waals surface area contributed by atoms with Gasteiger partial charge in [0.1, 0.15) is 0 Å². The molecular weight excluding hydrogens is 380 g/mol. The maximum Gasteiger partial charge on any atom is 0.0459 e. The number of aliphatic hydroxyl groups excluding tert-OH is 2. The minimum Gasteiger partial charge on any atom is -0.400 e. The first-order chi connectivity index (χ1) is 5.33. The predicted octanol–water partition coefficient (Wildman–Crippen LogP) is 0.105. The van der Waals surface area contributed by atoms with Gasteiger partial charge in [-0.2, -0.15) is 0 Å². The summed E-state index contributed by atoms with van der Waals surface area (Å²) in [5.74, 6) is 0.546. The molecule has 0 spiro atoms. The Labute approximate surface area is 98.1 Å². The Hall–Kier alpha value is 0.932. The molecule has 4 N–H and O–H groups in total. The third kappa shape index (κ3) is 6.45. The van der Waals surface area contributed by atoms with Crippen LogP contribution in [0.25, 0.3) is 0 Å². The molecular formula is C8H19NO2U. The summed E-state index contributed by atoms with van der Waals surface area (Å²) in [4.78, 5) is 0. The van der Waals surface area contributed by atoms with Crippen LogP contribution in [-0.2, 0) is 0 Å². The van der Waals surface area contributed by atoms with Crippen LogP contribution in [0.2, 0.25) is 0 Å². The fourth-order valence-electron chi connectivity index (χ4n) is 1.37. The van der Waals surface area contributed by atoms with Gasteiger partial charge in [-0.15, -0.1) is 0 Å². The van der Waals surface area contributed by atoms with Gasteiger partial charge in [0.25, 0.3) is 0 Å². The van der Waals surface area contributed by atoms with Crippen LogP contribution in [0, 0.1) is 37.0 Å². The van der Waals surface area contributed by atoms with Gasteiger partial charge in [0.2, 0.25) is 0 Å². The van der Waals surface area contributed by atoms with Gasteiger partial charge < -0.3 is 15.9 Å². The predicted molar refractivity (Wildman–Crippen MR) is 45.2 cm³/mol. The largest absolute Gasteiger partial charge is 0.400 e. The molecule has 0 amide bonds. The number of hydrogen-bond donors (Lipinski definition) is 3. The molecule has 0 aromatic rings. The maximum atomic E-state index is 8.74. The van der Waals surface area contributed by atoms with Gasteiger partial charge in [-0.25, -0.2) is 0 Å². The molecule has 1 fully saturated rings. The molecule has 1 aliphatic rings. The second kappa shape index (κ2) is 10.0. The first-order valence-electron chi connectivity index (χ1n) is 4.14. The normalized spacial score (nSPS) is 28.0. The number of hydrogen-bond acceptors (Lipinski definition) is 3. The van der Waals surface area contributed by atoms with Crippen LogP contribution in [-0.4, -0.2) is 30.0 Å². The zero-order chi connectivity index (χ0) is 8.69. The van der Waals surface area contributed by atoms with E-state index >= 15 is 0 Å². The minimum absolute atomic E-state index is 0. The Morgan fingerprint density at radius 2 is 1.58 bits per heavy atom. The molecule has 1 aliphatic carbocycles. The van der Waals surface area contributed by atoms with Crippen molar-refractivity contribution in [2.45, 2.75) is 31.7 Å². The van der Waals surface area contributed by atoms with E-state index in [1.807, 2.05) is 0 Å². The van der Waals surface area contributed by atoms with Gasteiger partial charge in [0.15, 0.2) is 0 Å². The Kier molecular flexibility index (Phi) is 12.9. The van der Waals surface area contributed by atoms with Crippen molar-refractivity contribution in [1.82, 2.24) is 0 Å². The van der Waals surface area contributed by atoms with E-state index < -0.39 is 0 Å². The van der Waals surface area contributed by atoms with Gasteiger partial charge in [-0.05, 0) is 31.6 Å². The van der Waals surface area contributed by atoms with E-state index in [9.17, 15) is 0 Å². The summed E-state index contributed by atoms with van der Waals surface area (Å²) in [6, 6.07) is 0.410. The Morgan fingerprint density at radius 3 is 1.92 bits per heavy atom. The summed E-state index contributed by atoms with van der Waals surface area (Å²) in [7, 11) is 1.00. The monoisotopic (exact) mass is 399 g/mol. The Morgan fingerprint density at radius 1 is 1.17 bits per heavy atom. The summed E-state index contributed by atoms with van der Waals surface area (Å²) in [6.07, 6.45) is 4.45. The Bertz CT molecular complexity index is 85.1. The smallest absolute Gasteiger partial charge is 0.0459 e. The van der Waals surface area contributed by atoms with E-state index in [2.05, 4.69) is 0 Å². The van der Waals surface area contributed by atoms with Gasteiger partial charge in [0.05, 0.1) is 0 Å². The van der Waals surface area contributed by atoms with Gasteiger partial charge in [-0.3, -0.25) is 0 Å². The summed E-state index contributed by atoms with van der Waals surface area (Å²) >= 11 is 0. The third-order valence-electron chi connectivity index (χ3n) is 2.15. The van der Waals surface area contributed by atoms with Crippen LogP contribution in [0.5, 0.6) is 0 Å². The van der Waals surface area contributed by atoms with Gasteiger partial charge >= 0.3 is 0 Å². The van der Waals surface area contributed by atoms with E-state index in [4.69, 9.17) is 15.9 Å². The van der Waals surface area contributed by atoms with Gasteiger partial charge in [0, 0.05) is 50.9 Å². The molecule has 0 aliphatic heterocycles. The van der Waals surface area contributed by atoms with Crippen molar-refractivity contribution >= 4 is 0 Å². The molecule has 1 rings (SSSR count). The van der Waals surface area contributed by atoms with Crippen LogP contribution in [0.3, 0.4) is 0 Å². The molecule has 0 aromatic carbocycles. The van der Waals surface area contributed by atoms with Crippen LogP contribution in [0.1, 0.15) is 25.7 Å². The first kappa shape index (κ1) is 15.4. The topological polar surface area (TPSA) is 66.5 Å². The second-order valence-electron chi connectivity index (χ2n) is 2.96. The quantitative estimate of drug-likeness (QED) is 0.587. The fraction of sp³-hybridized carbons (Fsp3) is 1.00. The molecule has 0 radical (unpaired) electrons. The molecule has 1 saturated carbocycles. The summed E-state index contributed by atoms with van der Waals surface area (Å²) in [5.41, 5.74) is 5.67. The van der Waals surface area contributed by atoms with Crippen LogP contribution in [0.15, 0.2) is 0 Å². The summed E-state index contributed by atoms with van der Waals surface area (Å²) in [5, 5.41) is 15.7. The summed E-state index contributed by atoms with van der Waals surface area (Å²) < 4.78 is 0. The standard InChI is InChI=1S/C7H15NO.CH4O.U/c8-7-3-1-6(5-9)2-4-7;1-2;/h6-7,9H,1-5,8H2;2H,1H3;. The maximum absolute atomic E-state index is 8.74. The molecule has 3 nitrogen and oxygen atoms in total. The molecule has 0 atom stereocenters. The van der Waals surface area contributed by atoms with Gasteiger partial charge in [-0.1, -0.05) is 0 Å². The van der Waals surface area contributed by atoms with Crippen molar-refractivity contribution < 1.29 is 41.3 Å². The average Bonchev–Trinajstić information content (AvgIpc) is 2.10. The van der Waals surface area contributed by atoms with E-state index in [0.29, 0.717) is 18.6 Å². The van der Waals surface area contributed by atoms with E-state index in [1.165, 1.54) is 0 Å². The third-order valence-corrected chi connectivity index (χ3v) is 2.15. The zero-order valence-corrected chi connectivity index (χ0v) is 11.8. The van der Waals surface area contributed by atoms with Crippen LogP contribution < -0.4 is 5.73 Å². The molecule has 12 heavy (non-hydrogen) atoms. The fourth-order valence-corrected chi connectivity index (χ4v) is 1.37. The molecule has 72 valence electrons. The number of aliphatic hydroxyl groups is 2. The SMILES string of the molecule is CO.NC1CCC(CO)CC1.[U]. The summed E-state index contributed by atoms with van der Waals surface area (Å²) in [6.45, 7) is 0.354. The molecule has 0 saturated heterocycles. The van der Waals surface area contributed by atoms with E-state index in [0.717, 1.165) is 32.8 Å². The van der Waals surface area contributed by atoms with Crippen molar-refractivity contribution in [3.8, 4) is 0 Å². The van der Waals surface area contributed by atoms with Crippen molar-refractivity contribution in [2.24, 2.45) is 11.7 Å². The zero-order valence-electron chi connectivity index (χ0n) is 7.66. The van der Waals surface area contributed by atoms with Crippen molar-refractivity contribution in [1.29, 1.82) is 0 Å². The number of nitrogens with two attached hydrogens (primary N) is 1.